The lowest BCUT2D eigenvalue weighted by atomic mass is 10.2. The third kappa shape index (κ3) is 5.25. The summed E-state index contributed by atoms with van der Waals surface area (Å²) in [5.74, 6) is 1.01. The van der Waals surface area contributed by atoms with Gasteiger partial charge in [-0.15, -0.1) is 11.3 Å². The molecule has 1 unspecified atom stereocenters. The SMILES string of the molecule is CC(C(=O)NCCc1cccs1)N1CCN(S(=O)(=O)c2ccc3c(c2)OCCCO3)CC1. The van der Waals surface area contributed by atoms with Gasteiger partial charge in [0, 0.05) is 50.1 Å². The fraction of sp³-hybridized carbons (Fsp3) is 0.500. The van der Waals surface area contributed by atoms with E-state index >= 15 is 0 Å². The van der Waals surface area contributed by atoms with Gasteiger partial charge >= 0.3 is 0 Å². The van der Waals surface area contributed by atoms with Crippen LogP contribution in [0.2, 0.25) is 0 Å². The number of nitrogens with zero attached hydrogens (tertiary/aromatic N) is 2. The number of ether oxygens (including phenoxy) is 2. The van der Waals surface area contributed by atoms with E-state index < -0.39 is 10.0 Å². The Kier molecular flexibility index (Phi) is 7.34. The van der Waals surface area contributed by atoms with Crippen molar-refractivity contribution in [3.8, 4) is 11.5 Å². The summed E-state index contributed by atoms with van der Waals surface area (Å²) in [6, 6.07) is 8.53. The van der Waals surface area contributed by atoms with Crippen LogP contribution < -0.4 is 14.8 Å². The molecule has 4 rings (SSSR count). The highest BCUT2D eigenvalue weighted by atomic mass is 32.2. The summed E-state index contributed by atoms with van der Waals surface area (Å²) in [6.45, 7) is 5.21. The molecule has 1 aromatic heterocycles. The van der Waals surface area contributed by atoms with E-state index in [1.54, 1.807) is 29.5 Å². The van der Waals surface area contributed by atoms with E-state index in [1.807, 2.05) is 23.3 Å². The predicted molar refractivity (Wildman–Crippen MR) is 123 cm³/mol. The molecule has 1 atom stereocenters. The first kappa shape index (κ1) is 23.0. The third-order valence-electron chi connectivity index (χ3n) is 5.81. The first-order chi connectivity index (χ1) is 15.4. The van der Waals surface area contributed by atoms with Gasteiger partial charge in [-0.05, 0) is 36.9 Å². The van der Waals surface area contributed by atoms with Crippen LogP contribution in [0.4, 0.5) is 0 Å². The average molecular weight is 480 g/mol. The number of hydrogen-bond donors (Lipinski definition) is 1. The molecule has 3 heterocycles. The van der Waals surface area contributed by atoms with E-state index in [2.05, 4.69) is 11.4 Å². The minimum absolute atomic E-state index is 0.0271. The van der Waals surface area contributed by atoms with Crippen molar-refractivity contribution < 1.29 is 22.7 Å². The van der Waals surface area contributed by atoms with Crippen LogP contribution in [0.1, 0.15) is 18.2 Å². The predicted octanol–water partition coefficient (Wildman–Crippen LogP) is 1.96. The quantitative estimate of drug-likeness (QED) is 0.653. The summed E-state index contributed by atoms with van der Waals surface area (Å²) in [5.41, 5.74) is 0. The Morgan fingerprint density at radius 3 is 2.59 bits per heavy atom. The molecule has 2 aromatic rings. The molecule has 1 fully saturated rings. The van der Waals surface area contributed by atoms with Crippen molar-refractivity contribution in [1.29, 1.82) is 0 Å². The van der Waals surface area contributed by atoms with Crippen molar-refractivity contribution in [3.05, 3.63) is 40.6 Å². The van der Waals surface area contributed by atoms with Crippen molar-refractivity contribution >= 4 is 27.3 Å². The van der Waals surface area contributed by atoms with Crippen LogP contribution in [-0.2, 0) is 21.2 Å². The van der Waals surface area contributed by atoms with Crippen molar-refractivity contribution in [2.45, 2.75) is 30.7 Å². The highest BCUT2D eigenvalue weighted by Crippen LogP contribution is 2.33. The number of sulfonamides is 1. The van der Waals surface area contributed by atoms with Crippen LogP contribution in [0.15, 0.2) is 40.6 Å². The lowest BCUT2D eigenvalue weighted by Gasteiger charge is -2.36. The fourth-order valence-corrected chi connectivity index (χ4v) is 6.01. The fourth-order valence-electron chi connectivity index (χ4n) is 3.86. The van der Waals surface area contributed by atoms with Crippen LogP contribution in [0.3, 0.4) is 0 Å². The molecule has 174 valence electrons. The maximum Gasteiger partial charge on any atom is 0.243 e. The van der Waals surface area contributed by atoms with Crippen molar-refractivity contribution in [3.63, 3.8) is 0 Å². The molecule has 32 heavy (non-hydrogen) atoms. The number of benzene rings is 1. The highest BCUT2D eigenvalue weighted by molar-refractivity contribution is 7.89. The van der Waals surface area contributed by atoms with E-state index in [9.17, 15) is 13.2 Å². The van der Waals surface area contributed by atoms with Crippen LogP contribution in [0.25, 0.3) is 0 Å². The maximum absolute atomic E-state index is 13.2. The zero-order valence-electron chi connectivity index (χ0n) is 18.2. The first-order valence-corrected chi connectivity index (χ1v) is 13.2. The number of carbonyl (C=O) groups excluding carboxylic acids is 1. The van der Waals surface area contributed by atoms with E-state index in [0.29, 0.717) is 57.4 Å². The van der Waals surface area contributed by atoms with Crippen molar-refractivity contribution in [1.82, 2.24) is 14.5 Å². The molecule has 1 amide bonds. The molecule has 2 aliphatic heterocycles. The molecule has 2 aliphatic rings. The summed E-state index contributed by atoms with van der Waals surface area (Å²) in [6.07, 6.45) is 1.58. The summed E-state index contributed by atoms with van der Waals surface area (Å²) in [7, 11) is -3.64. The van der Waals surface area contributed by atoms with Crippen molar-refractivity contribution in [2.75, 3.05) is 45.9 Å². The van der Waals surface area contributed by atoms with E-state index in [1.165, 1.54) is 9.18 Å². The molecule has 0 saturated carbocycles. The van der Waals surface area contributed by atoms with E-state index in [4.69, 9.17) is 9.47 Å². The van der Waals surface area contributed by atoms with E-state index in [0.717, 1.165) is 12.8 Å². The zero-order chi connectivity index (χ0) is 22.6. The van der Waals surface area contributed by atoms with Gasteiger partial charge in [-0.2, -0.15) is 4.31 Å². The van der Waals surface area contributed by atoms with Gasteiger partial charge in [0.2, 0.25) is 15.9 Å². The number of amides is 1. The van der Waals surface area contributed by atoms with Gasteiger partial charge in [0.1, 0.15) is 0 Å². The first-order valence-electron chi connectivity index (χ1n) is 10.9. The van der Waals surface area contributed by atoms with Crippen LogP contribution >= 0.6 is 11.3 Å². The zero-order valence-corrected chi connectivity index (χ0v) is 19.8. The van der Waals surface area contributed by atoms with Gasteiger partial charge in [-0.3, -0.25) is 9.69 Å². The molecule has 1 saturated heterocycles. The molecule has 10 heteroatoms. The standard InChI is InChI=1S/C22H29N3O5S2/c1-17(22(26)23-8-7-18-4-2-15-31-18)24-9-11-25(12-10-24)32(27,28)19-5-6-20-21(16-19)30-14-3-13-29-20/h2,4-6,15-17H,3,7-14H2,1H3,(H,23,26). The molecule has 0 bridgehead atoms. The van der Waals surface area contributed by atoms with Crippen LogP contribution in [0, 0.1) is 0 Å². The number of hydrogen-bond acceptors (Lipinski definition) is 7. The van der Waals surface area contributed by atoms with Crippen LogP contribution in [-0.4, -0.2) is 75.5 Å². The smallest absolute Gasteiger partial charge is 0.243 e. The third-order valence-corrected chi connectivity index (χ3v) is 8.64. The largest absolute Gasteiger partial charge is 0.490 e. The molecule has 0 aliphatic carbocycles. The van der Waals surface area contributed by atoms with Crippen LogP contribution in [0.5, 0.6) is 11.5 Å². The van der Waals surface area contributed by atoms with Gasteiger partial charge in [-0.25, -0.2) is 8.42 Å². The topological polar surface area (TPSA) is 88.2 Å². The Balaban J connectivity index is 1.31. The number of piperazine rings is 1. The highest BCUT2D eigenvalue weighted by Gasteiger charge is 2.32. The van der Waals surface area contributed by atoms with Crippen molar-refractivity contribution in [2.24, 2.45) is 0 Å². The maximum atomic E-state index is 13.2. The number of nitrogens with one attached hydrogen (secondary N) is 1. The molecule has 1 aromatic carbocycles. The molecule has 0 radical (unpaired) electrons. The van der Waals surface area contributed by atoms with Gasteiger partial charge in [-0.1, -0.05) is 6.07 Å². The Bertz CT molecular complexity index is 1020. The lowest BCUT2D eigenvalue weighted by molar-refractivity contribution is -0.126. The summed E-state index contributed by atoms with van der Waals surface area (Å²) >= 11 is 1.68. The minimum atomic E-state index is -3.64. The second-order valence-electron chi connectivity index (χ2n) is 7.90. The molecular weight excluding hydrogens is 450 g/mol. The Labute approximate surface area is 193 Å². The minimum Gasteiger partial charge on any atom is -0.490 e. The normalized spacial score (nSPS) is 18.7. The molecular formula is C22H29N3O5S2. The van der Waals surface area contributed by atoms with Gasteiger partial charge in [0.25, 0.3) is 0 Å². The second kappa shape index (κ2) is 10.2. The second-order valence-corrected chi connectivity index (χ2v) is 10.9. The molecule has 0 spiro atoms. The van der Waals surface area contributed by atoms with Gasteiger partial charge in [0.05, 0.1) is 24.2 Å². The Morgan fingerprint density at radius 1 is 1.12 bits per heavy atom. The summed E-state index contributed by atoms with van der Waals surface area (Å²) < 4.78 is 39.0. The molecule has 1 N–H and O–H groups in total. The van der Waals surface area contributed by atoms with Gasteiger partial charge < -0.3 is 14.8 Å². The van der Waals surface area contributed by atoms with E-state index in [-0.39, 0.29) is 16.8 Å². The Morgan fingerprint density at radius 2 is 1.88 bits per heavy atom. The number of thiophene rings is 1. The number of fused-ring (bicyclic) bond motifs is 1. The van der Waals surface area contributed by atoms with Gasteiger partial charge in [0.15, 0.2) is 11.5 Å². The monoisotopic (exact) mass is 479 g/mol. The summed E-state index contributed by atoms with van der Waals surface area (Å²) in [4.78, 5) is 16.0. The summed E-state index contributed by atoms with van der Waals surface area (Å²) in [5, 5.41) is 5.02. The average Bonchev–Trinajstić information content (AvgIpc) is 3.21. The number of carbonyl (C=O) groups is 1. The number of rotatable bonds is 7. The molecule has 8 nitrogen and oxygen atoms in total. The Hall–Kier alpha value is -2.14. The lowest BCUT2D eigenvalue weighted by Crippen LogP contribution is -2.55.